The molecule has 3 heteroatoms. The van der Waals surface area contributed by atoms with Crippen molar-refractivity contribution in [3.05, 3.63) is 29.1 Å². The monoisotopic (exact) mass is 272 g/mol. The zero-order valence-electron chi connectivity index (χ0n) is 12.7. The van der Waals surface area contributed by atoms with Gasteiger partial charge in [-0.2, -0.15) is 0 Å². The Hall–Kier alpha value is -1.22. The van der Waals surface area contributed by atoms with Crippen LogP contribution in [0.3, 0.4) is 0 Å². The number of pyridine rings is 1. The van der Waals surface area contributed by atoms with Crippen LogP contribution in [0.4, 0.5) is 0 Å². The first-order valence-corrected chi connectivity index (χ1v) is 7.75. The molecule has 0 spiro atoms. The molecule has 2 saturated heterocycles. The van der Waals surface area contributed by atoms with Gasteiger partial charge < -0.3 is 4.90 Å². The van der Waals surface area contributed by atoms with Crippen LogP contribution < -0.4 is 0 Å². The minimum atomic E-state index is 0.176. The highest BCUT2D eigenvalue weighted by molar-refractivity contribution is 5.97. The minimum absolute atomic E-state index is 0.176. The summed E-state index contributed by atoms with van der Waals surface area (Å²) < 4.78 is 0. The third kappa shape index (κ3) is 2.39. The third-order valence-corrected chi connectivity index (χ3v) is 5.16. The van der Waals surface area contributed by atoms with Crippen LogP contribution in [0.2, 0.25) is 0 Å². The van der Waals surface area contributed by atoms with Crippen LogP contribution in [0, 0.1) is 19.8 Å². The largest absolute Gasteiger partial charge is 0.300 e. The number of aromatic nitrogens is 1. The molecular weight excluding hydrogens is 248 g/mol. The van der Waals surface area contributed by atoms with E-state index < -0.39 is 0 Å². The van der Waals surface area contributed by atoms with Gasteiger partial charge in [0.2, 0.25) is 0 Å². The van der Waals surface area contributed by atoms with Gasteiger partial charge in [-0.05, 0) is 57.7 Å². The van der Waals surface area contributed by atoms with E-state index in [0.29, 0.717) is 17.8 Å². The normalized spacial score (nSPS) is 30.2. The van der Waals surface area contributed by atoms with Gasteiger partial charge in [0.15, 0.2) is 5.78 Å². The number of Topliss-reactive ketones (excluding diaryl/α,β-unsaturated/α-hetero) is 1. The predicted octanol–water partition coefficient (Wildman–Crippen LogP) is 3.14. The maximum atomic E-state index is 12.8. The van der Waals surface area contributed by atoms with Gasteiger partial charge in [-0.25, -0.2) is 0 Å². The first-order chi connectivity index (χ1) is 9.56. The minimum Gasteiger partial charge on any atom is -0.300 e. The Balaban J connectivity index is 1.81. The van der Waals surface area contributed by atoms with Crippen LogP contribution in [-0.4, -0.2) is 34.8 Å². The second-order valence-electron chi connectivity index (χ2n) is 6.61. The molecule has 2 atom stereocenters. The molecule has 0 aromatic carbocycles. The van der Waals surface area contributed by atoms with Crippen molar-refractivity contribution in [1.82, 2.24) is 9.88 Å². The second-order valence-corrected chi connectivity index (χ2v) is 6.61. The number of hydrogen-bond acceptors (Lipinski definition) is 3. The molecule has 2 fully saturated rings. The highest BCUT2D eigenvalue weighted by atomic mass is 16.1. The van der Waals surface area contributed by atoms with Crippen LogP contribution in [0.25, 0.3) is 0 Å². The lowest BCUT2D eigenvalue weighted by molar-refractivity contribution is 0.0336. The number of carbonyl (C=O) groups is 1. The molecule has 1 aromatic rings. The summed E-state index contributed by atoms with van der Waals surface area (Å²) >= 11 is 0. The smallest absolute Gasteiger partial charge is 0.184 e. The highest BCUT2D eigenvalue weighted by Gasteiger charge is 2.39. The Morgan fingerprint density at radius 3 is 2.50 bits per heavy atom. The van der Waals surface area contributed by atoms with Crippen molar-refractivity contribution < 1.29 is 4.79 Å². The van der Waals surface area contributed by atoms with E-state index in [1.807, 2.05) is 20.0 Å². The SMILES string of the molecule is Cc1cnc(C(=O)C2CC3CCCC(C2)N3C)c(C)c1. The zero-order valence-corrected chi connectivity index (χ0v) is 12.7. The number of fused-ring (bicyclic) bond motifs is 2. The van der Waals surface area contributed by atoms with Crippen LogP contribution in [0.5, 0.6) is 0 Å². The molecule has 3 rings (SSSR count). The molecule has 2 unspecified atom stereocenters. The molecular formula is C17H24N2O. The van der Waals surface area contributed by atoms with Gasteiger partial charge in [0.25, 0.3) is 0 Å². The highest BCUT2D eigenvalue weighted by Crippen LogP contribution is 2.37. The molecule has 108 valence electrons. The lowest BCUT2D eigenvalue weighted by Gasteiger charge is -2.46. The van der Waals surface area contributed by atoms with E-state index in [9.17, 15) is 4.79 Å². The second kappa shape index (κ2) is 5.28. The summed E-state index contributed by atoms with van der Waals surface area (Å²) in [5.74, 6) is 0.447. The lowest BCUT2D eigenvalue weighted by atomic mass is 9.76. The topological polar surface area (TPSA) is 33.2 Å². The Labute approximate surface area is 121 Å². The van der Waals surface area contributed by atoms with Gasteiger partial charge in [-0.15, -0.1) is 0 Å². The average molecular weight is 272 g/mol. The molecule has 0 saturated carbocycles. The van der Waals surface area contributed by atoms with Gasteiger partial charge >= 0.3 is 0 Å². The van der Waals surface area contributed by atoms with Gasteiger partial charge in [0, 0.05) is 24.2 Å². The van der Waals surface area contributed by atoms with Crippen LogP contribution in [0.15, 0.2) is 12.3 Å². The van der Waals surface area contributed by atoms with Crippen molar-refractivity contribution in [3.63, 3.8) is 0 Å². The van der Waals surface area contributed by atoms with E-state index in [0.717, 1.165) is 24.0 Å². The number of hydrogen-bond donors (Lipinski definition) is 0. The number of aryl methyl sites for hydroxylation is 2. The molecule has 0 amide bonds. The van der Waals surface area contributed by atoms with Crippen molar-refractivity contribution in [1.29, 1.82) is 0 Å². The van der Waals surface area contributed by atoms with Crippen molar-refractivity contribution in [2.24, 2.45) is 5.92 Å². The predicted molar refractivity (Wildman–Crippen MR) is 80.0 cm³/mol. The van der Waals surface area contributed by atoms with E-state index >= 15 is 0 Å². The molecule has 3 nitrogen and oxygen atoms in total. The number of nitrogens with zero attached hydrogens (tertiary/aromatic N) is 2. The molecule has 0 aliphatic carbocycles. The van der Waals surface area contributed by atoms with Gasteiger partial charge in [-0.1, -0.05) is 12.5 Å². The van der Waals surface area contributed by atoms with E-state index in [1.54, 1.807) is 0 Å². The summed E-state index contributed by atoms with van der Waals surface area (Å²) in [6.07, 6.45) is 7.66. The first-order valence-electron chi connectivity index (χ1n) is 7.75. The van der Waals surface area contributed by atoms with Crippen molar-refractivity contribution in [2.45, 2.75) is 58.0 Å². The average Bonchev–Trinajstić information content (AvgIpc) is 2.37. The third-order valence-electron chi connectivity index (χ3n) is 5.16. The Bertz CT molecular complexity index is 512. The van der Waals surface area contributed by atoms with Crippen LogP contribution in [-0.2, 0) is 0 Å². The molecule has 0 radical (unpaired) electrons. The fourth-order valence-electron chi connectivity index (χ4n) is 4.00. The van der Waals surface area contributed by atoms with E-state index in [2.05, 4.69) is 23.0 Å². The summed E-state index contributed by atoms with van der Waals surface area (Å²) in [5.41, 5.74) is 2.85. The molecule has 0 N–H and O–H groups in total. The molecule has 2 aliphatic rings. The molecule has 3 heterocycles. The quantitative estimate of drug-likeness (QED) is 0.775. The fourth-order valence-corrected chi connectivity index (χ4v) is 4.00. The molecule has 2 bridgehead atoms. The van der Waals surface area contributed by atoms with Crippen LogP contribution in [0.1, 0.15) is 53.7 Å². The number of ketones is 1. The molecule has 1 aromatic heterocycles. The van der Waals surface area contributed by atoms with Crippen molar-refractivity contribution in [2.75, 3.05) is 7.05 Å². The summed E-state index contributed by atoms with van der Waals surface area (Å²) in [6.45, 7) is 4.03. The number of rotatable bonds is 2. The van der Waals surface area contributed by atoms with Gasteiger partial charge in [0.1, 0.15) is 5.69 Å². The first kappa shape index (κ1) is 13.7. The summed E-state index contributed by atoms with van der Waals surface area (Å²) in [5, 5.41) is 0. The lowest BCUT2D eigenvalue weighted by Crippen LogP contribution is -2.51. The zero-order chi connectivity index (χ0) is 14.3. The summed E-state index contributed by atoms with van der Waals surface area (Å²) in [7, 11) is 2.23. The van der Waals surface area contributed by atoms with E-state index in [-0.39, 0.29) is 11.7 Å². The maximum Gasteiger partial charge on any atom is 0.184 e. The molecule has 20 heavy (non-hydrogen) atoms. The van der Waals surface area contributed by atoms with Gasteiger partial charge in [0.05, 0.1) is 0 Å². The summed E-state index contributed by atoms with van der Waals surface area (Å²) in [4.78, 5) is 19.7. The number of piperidine rings is 2. The Kier molecular flexibility index (Phi) is 3.63. The van der Waals surface area contributed by atoms with E-state index in [1.165, 1.54) is 19.3 Å². The van der Waals surface area contributed by atoms with Gasteiger partial charge in [-0.3, -0.25) is 9.78 Å². The standard InChI is InChI=1S/C17H24N2O/c1-11-7-12(2)16(18-10-11)17(20)13-8-14-5-4-6-15(9-13)19(14)3/h7,10,13-15H,4-6,8-9H2,1-3H3. The Morgan fingerprint density at radius 1 is 1.25 bits per heavy atom. The number of carbonyl (C=O) groups excluding carboxylic acids is 1. The van der Waals surface area contributed by atoms with Crippen molar-refractivity contribution in [3.8, 4) is 0 Å². The van der Waals surface area contributed by atoms with E-state index in [4.69, 9.17) is 0 Å². The molecule has 2 aliphatic heterocycles. The van der Waals surface area contributed by atoms with Crippen LogP contribution >= 0.6 is 0 Å². The van der Waals surface area contributed by atoms with Crippen molar-refractivity contribution >= 4 is 5.78 Å². The Morgan fingerprint density at radius 2 is 1.90 bits per heavy atom. The summed E-state index contributed by atoms with van der Waals surface area (Å²) in [6, 6.07) is 3.26. The fraction of sp³-hybridized carbons (Fsp3) is 0.647. The maximum absolute atomic E-state index is 12.8.